The smallest absolute Gasteiger partial charge is 0.133 e. The first kappa shape index (κ1) is 10.3. The quantitative estimate of drug-likeness (QED) is 0.791. The molecule has 1 saturated heterocycles. The second-order valence-corrected chi connectivity index (χ2v) is 4.96. The zero-order chi connectivity index (χ0) is 9.97. The van der Waals surface area contributed by atoms with Gasteiger partial charge in [0.2, 0.25) is 0 Å². The lowest BCUT2D eigenvalue weighted by atomic mass is 10.0. The number of rotatable bonds is 2. The van der Waals surface area contributed by atoms with Gasteiger partial charge in [0.05, 0.1) is 0 Å². The molecule has 0 aliphatic carbocycles. The molecular formula is C10H13ClN2S. The van der Waals surface area contributed by atoms with E-state index in [9.17, 15) is 0 Å². The fraction of sp³-hybridized carbons (Fsp3) is 0.500. The molecule has 14 heavy (non-hydrogen) atoms. The average molecular weight is 229 g/mol. The van der Waals surface area contributed by atoms with Crippen LogP contribution >= 0.6 is 23.4 Å². The van der Waals surface area contributed by atoms with Crippen molar-refractivity contribution in [2.75, 3.05) is 11.5 Å². The molecule has 1 atom stereocenters. The summed E-state index contributed by atoms with van der Waals surface area (Å²) in [5, 5.41) is 0.571. The van der Waals surface area contributed by atoms with Gasteiger partial charge in [-0.3, -0.25) is 0 Å². The van der Waals surface area contributed by atoms with E-state index in [0.29, 0.717) is 17.6 Å². The Balaban J connectivity index is 2.23. The Morgan fingerprint density at radius 1 is 1.57 bits per heavy atom. The molecule has 1 unspecified atom stereocenters. The molecule has 2 N–H and O–H groups in total. The predicted octanol–water partition coefficient (Wildman–Crippen LogP) is 2.41. The Labute approximate surface area is 93.2 Å². The van der Waals surface area contributed by atoms with E-state index < -0.39 is 0 Å². The van der Waals surface area contributed by atoms with Crippen molar-refractivity contribution >= 4 is 23.4 Å². The van der Waals surface area contributed by atoms with Crippen LogP contribution in [0.2, 0.25) is 5.15 Å². The van der Waals surface area contributed by atoms with Crippen molar-refractivity contribution in [3.05, 3.63) is 28.5 Å². The molecule has 0 aromatic carbocycles. The van der Waals surface area contributed by atoms with E-state index in [-0.39, 0.29) is 0 Å². The summed E-state index contributed by atoms with van der Waals surface area (Å²) < 4.78 is 0. The van der Waals surface area contributed by atoms with Gasteiger partial charge in [0, 0.05) is 29.5 Å². The number of aromatic nitrogens is 1. The molecule has 1 aromatic rings. The fourth-order valence-electron chi connectivity index (χ4n) is 1.62. The minimum absolute atomic E-state index is 0.464. The molecule has 1 fully saturated rings. The molecule has 0 spiro atoms. The summed E-state index contributed by atoms with van der Waals surface area (Å²) in [5.41, 5.74) is 7.58. The normalized spacial score (nSPS) is 21.4. The summed E-state index contributed by atoms with van der Waals surface area (Å²) in [6.45, 7) is 0.464. The lowest BCUT2D eigenvalue weighted by molar-refractivity contribution is 0.750. The molecule has 0 radical (unpaired) electrons. The number of nitrogens with zero attached hydrogens (tertiary/aromatic N) is 1. The molecular weight excluding hydrogens is 216 g/mol. The molecule has 76 valence electrons. The zero-order valence-electron chi connectivity index (χ0n) is 7.87. The van der Waals surface area contributed by atoms with Gasteiger partial charge in [0.15, 0.2) is 0 Å². The molecule has 2 rings (SSSR count). The summed E-state index contributed by atoms with van der Waals surface area (Å²) in [7, 11) is 0. The van der Waals surface area contributed by atoms with Crippen LogP contribution in [-0.2, 0) is 6.54 Å². The monoisotopic (exact) mass is 228 g/mol. The second kappa shape index (κ2) is 4.51. The highest BCUT2D eigenvalue weighted by Gasteiger charge is 2.19. The zero-order valence-corrected chi connectivity index (χ0v) is 9.44. The highest BCUT2D eigenvalue weighted by Crippen LogP contribution is 2.32. The predicted molar refractivity (Wildman–Crippen MR) is 61.8 cm³/mol. The van der Waals surface area contributed by atoms with Crippen molar-refractivity contribution in [1.82, 2.24) is 4.98 Å². The van der Waals surface area contributed by atoms with Gasteiger partial charge >= 0.3 is 0 Å². The van der Waals surface area contributed by atoms with Crippen LogP contribution in [0.1, 0.15) is 23.6 Å². The fourth-order valence-corrected chi connectivity index (χ4v) is 3.10. The van der Waals surface area contributed by atoms with E-state index in [4.69, 9.17) is 17.3 Å². The van der Waals surface area contributed by atoms with Gasteiger partial charge in [-0.1, -0.05) is 17.7 Å². The van der Waals surface area contributed by atoms with E-state index in [2.05, 4.69) is 11.1 Å². The lowest BCUT2D eigenvalue weighted by Gasteiger charge is -2.09. The number of halogens is 1. The van der Waals surface area contributed by atoms with E-state index in [0.717, 1.165) is 11.3 Å². The van der Waals surface area contributed by atoms with Gasteiger partial charge in [-0.05, 0) is 18.2 Å². The number of hydrogen-bond donors (Lipinski definition) is 1. The van der Waals surface area contributed by atoms with Gasteiger partial charge in [0.25, 0.3) is 0 Å². The standard InChI is InChI=1S/C10H13ClN2S/c11-10-7(5-12)1-2-9(13-10)8-3-4-14-6-8/h1-2,8H,3-6,12H2. The second-order valence-electron chi connectivity index (χ2n) is 3.45. The summed E-state index contributed by atoms with van der Waals surface area (Å²) >= 11 is 8.00. The number of nitrogens with two attached hydrogens (primary N) is 1. The summed E-state index contributed by atoms with van der Waals surface area (Å²) in [4.78, 5) is 4.40. The number of thioether (sulfide) groups is 1. The molecule has 4 heteroatoms. The Hall–Kier alpha value is -0.250. The van der Waals surface area contributed by atoms with Crippen LogP contribution in [0.3, 0.4) is 0 Å². The van der Waals surface area contributed by atoms with Gasteiger partial charge in [-0.2, -0.15) is 11.8 Å². The summed E-state index contributed by atoms with van der Waals surface area (Å²) in [5.74, 6) is 3.00. The Kier molecular flexibility index (Phi) is 3.31. The minimum atomic E-state index is 0.464. The maximum atomic E-state index is 6.01. The topological polar surface area (TPSA) is 38.9 Å². The molecule has 0 saturated carbocycles. The Morgan fingerprint density at radius 2 is 2.43 bits per heavy atom. The van der Waals surface area contributed by atoms with Crippen molar-refractivity contribution in [2.45, 2.75) is 18.9 Å². The number of hydrogen-bond acceptors (Lipinski definition) is 3. The van der Waals surface area contributed by atoms with Crippen LogP contribution < -0.4 is 5.73 Å². The summed E-state index contributed by atoms with van der Waals surface area (Å²) in [6, 6.07) is 4.05. The van der Waals surface area contributed by atoms with Crippen LogP contribution in [0.4, 0.5) is 0 Å². The lowest BCUT2D eigenvalue weighted by Crippen LogP contribution is -2.04. The molecule has 1 aromatic heterocycles. The SMILES string of the molecule is NCc1ccc(C2CCSC2)nc1Cl. The minimum Gasteiger partial charge on any atom is -0.326 e. The van der Waals surface area contributed by atoms with Crippen molar-refractivity contribution in [2.24, 2.45) is 5.73 Å². The highest BCUT2D eigenvalue weighted by atomic mass is 35.5. The first-order chi connectivity index (χ1) is 6.81. The van der Waals surface area contributed by atoms with Crippen molar-refractivity contribution in [3.8, 4) is 0 Å². The average Bonchev–Trinajstić information content (AvgIpc) is 2.70. The van der Waals surface area contributed by atoms with Crippen LogP contribution in [-0.4, -0.2) is 16.5 Å². The van der Waals surface area contributed by atoms with Crippen LogP contribution in [0.15, 0.2) is 12.1 Å². The molecule has 1 aliphatic heterocycles. The van der Waals surface area contributed by atoms with Gasteiger partial charge in [-0.15, -0.1) is 0 Å². The number of pyridine rings is 1. The third-order valence-electron chi connectivity index (χ3n) is 2.52. The van der Waals surface area contributed by atoms with Gasteiger partial charge < -0.3 is 5.73 Å². The Morgan fingerprint density at radius 3 is 3.00 bits per heavy atom. The van der Waals surface area contributed by atoms with E-state index in [1.807, 2.05) is 17.8 Å². The van der Waals surface area contributed by atoms with Crippen molar-refractivity contribution in [3.63, 3.8) is 0 Å². The van der Waals surface area contributed by atoms with E-state index in [1.165, 1.54) is 17.9 Å². The highest BCUT2D eigenvalue weighted by molar-refractivity contribution is 7.99. The molecule has 2 nitrogen and oxygen atoms in total. The Bertz CT molecular complexity index is 324. The van der Waals surface area contributed by atoms with Gasteiger partial charge in [-0.25, -0.2) is 4.98 Å². The maximum Gasteiger partial charge on any atom is 0.133 e. The van der Waals surface area contributed by atoms with Crippen LogP contribution in [0.25, 0.3) is 0 Å². The third kappa shape index (κ3) is 2.05. The summed E-state index contributed by atoms with van der Waals surface area (Å²) in [6.07, 6.45) is 1.22. The van der Waals surface area contributed by atoms with Crippen molar-refractivity contribution < 1.29 is 0 Å². The van der Waals surface area contributed by atoms with Gasteiger partial charge in [0.1, 0.15) is 5.15 Å². The first-order valence-corrected chi connectivity index (χ1v) is 6.27. The van der Waals surface area contributed by atoms with E-state index in [1.54, 1.807) is 0 Å². The third-order valence-corrected chi connectivity index (χ3v) is 4.01. The molecule has 2 heterocycles. The maximum absolute atomic E-state index is 6.01. The van der Waals surface area contributed by atoms with Crippen LogP contribution in [0, 0.1) is 0 Å². The molecule has 1 aliphatic rings. The molecule has 0 bridgehead atoms. The van der Waals surface area contributed by atoms with Crippen LogP contribution in [0.5, 0.6) is 0 Å². The largest absolute Gasteiger partial charge is 0.326 e. The molecule has 0 amide bonds. The first-order valence-electron chi connectivity index (χ1n) is 4.74. The van der Waals surface area contributed by atoms with Crippen molar-refractivity contribution in [1.29, 1.82) is 0 Å². The van der Waals surface area contributed by atoms with E-state index >= 15 is 0 Å².